The summed E-state index contributed by atoms with van der Waals surface area (Å²) in [5.41, 5.74) is -0.202. The zero-order valence-corrected chi connectivity index (χ0v) is 16.1. The van der Waals surface area contributed by atoms with Crippen LogP contribution in [0.15, 0.2) is 0 Å². The Bertz CT molecular complexity index is 545. The van der Waals surface area contributed by atoms with Crippen LogP contribution in [0.1, 0.15) is 84.5 Å². The maximum atomic E-state index is 12.0. The van der Waals surface area contributed by atoms with Crippen molar-refractivity contribution in [1.82, 2.24) is 0 Å². The monoisotopic (exact) mass is 348 g/mol. The van der Waals surface area contributed by atoms with Crippen LogP contribution in [0.2, 0.25) is 0 Å². The molecule has 0 aromatic rings. The molecule has 4 fully saturated rings. The highest BCUT2D eigenvalue weighted by Gasteiger charge is 2.64. The van der Waals surface area contributed by atoms with Gasteiger partial charge in [0.2, 0.25) is 0 Å². The fourth-order valence-corrected chi connectivity index (χ4v) is 7.94. The summed E-state index contributed by atoms with van der Waals surface area (Å²) >= 11 is 0. The lowest BCUT2D eigenvalue weighted by Crippen LogP contribution is -2.56. The molecule has 4 rings (SSSR count). The topological polar surface area (TPSA) is 57.5 Å². The number of ketones is 1. The number of Topliss-reactive ketones (excluding diaryl/α,β-unsaturated/α-hetero) is 1. The van der Waals surface area contributed by atoms with Crippen LogP contribution in [-0.2, 0) is 4.79 Å². The van der Waals surface area contributed by atoms with Crippen molar-refractivity contribution < 1.29 is 15.0 Å². The summed E-state index contributed by atoms with van der Waals surface area (Å²) in [6.07, 6.45) is 11.1. The second-order valence-electron chi connectivity index (χ2n) is 10.3. The largest absolute Gasteiger partial charge is 0.396 e. The Morgan fingerprint density at radius 1 is 1.04 bits per heavy atom. The van der Waals surface area contributed by atoms with Crippen molar-refractivity contribution >= 4 is 5.78 Å². The Hall–Kier alpha value is -0.410. The standard InChI is InChI=1S/C22H36O3/c1-20-10-6-16(24)14-15(20)4-5-17-18(20)7-11-21(2)19(17)8-12-22(21,25)9-3-13-23/h15,17-19,23,25H,3-14H2,1-2H3/t15?,17-,18-,19+,20+,21+,22?/m1/s1. The second kappa shape index (κ2) is 6.05. The predicted molar refractivity (Wildman–Crippen MR) is 98.0 cm³/mol. The highest BCUT2D eigenvalue weighted by atomic mass is 16.3. The van der Waals surface area contributed by atoms with Gasteiger partial charge >= 0.3 is 0 Å². The van der Waals surface area contributed by atoms with E-state index >= 15 is 0 Å². The van der Waals surface area contributed by atoms with Crippen LogP contribution in [0, 0.1) is 34.5 Å². The third-order valence-electron chi connectivity index (χ3n) is 9.55. The highest BCUT2D eigenvalue weighted by molar-refractivity contribution is 5.79. The van der Waals surface area contributed by atoms with Crippen molar-refractivity contribution in [2.45, 2.75) is 90.1 Å². The van der Waals surface area contributed by atoms with E-state index in [2.05, 4.69) is 13.8 Å². The van der Waals surface area contributed by atoms with Gasteiger partial charge in [-0.2, -0.15) is 0 Å². The molecule has 3 heteroatoms. The van der Waals surface area contributed by atoms with Gasteiger partial charge in [0.05, 0.1) is 5.60 Å². The highest BCUT2D eigenvalue weighted by Crippen LogP contribution is 2.68. The van der Waals surface area contributed by atoms with E-state index in [1.54, 1.807) is 0 Å². The van der Waals surface area contributed by atoms with Crippen LogP contribution in [0.5, 0.6) is 0 Å². The third-order valence-corrected chi connectivity index (χ3v) is 9.55. The minimum Gasteiger partial charge on any atom is -0.396 e. The molecule has 0 amide bonds. The van der Waals surface area contributed by atoms with Gasteiger partial charge < -0.3 is 10.2 Å². The molecule has 0 aliphatic heterocycles. The van der Waals surface area contributed by atoms with Crippen molar-refractivity contribution in [2.75, 3.05) is 6.61 Å². The number of fused-ring (bicyclic) bond motifs is 5. The maximum absolute atomic E-state index is 12.0. The maximum Gasteiger partial charge on any atom is 0.133 e. The molecular weight excluding hydrogens is 312 g/mol. The fraction of sp³-hybridized carbons (Fsp3) is 0.955. The Balaban J connectivity index is 1.59. The summed E-state index contributed by atoms with van der Waals surface area (Å²) in [7, 11) is 0. The second-order valence-corrected chi connectivity index (χ2v) is 10.3. The summed E-state index contributed by atoms with van der Waals surface area (Å²) in [6, 6.07) is 0. The van der Waals surface area contributed by atoms with Crippen LogP contribution >= 0.6 is 0 Å². The summed E-state index contributed by atoms with van der Waals surface area (Å²) in [5.74, 6) is 3.20. The van der Waals surface area contributed by atoms with Gasteiger partial charge in [-0.25, -0.2) is 0 Å². The van der Waals surface area contributed by atoms with Crippen LogP contribution in [0.25, 0.3) is 0 Å². The van der Waals surface area contributed by atoms with E-state index in [1.165, 1.54) is 19.3 Å². The van der Waals surface area contributed by atoms with Crippen molar-refractivity contribution in [3.63, 3.8) is 0 Å². The summed E-state index contributed by atoms with van der Waals surface area (Å²) in [5, 5.41) is 20.7. The van der Waals surface area contributed by atoms with E-state index in [-0.39, 0.29) is 12.0 Å². The number of hydrogen-bond donors (Lipinski definition) is 2. The SMILES string of the molecule is C[C@]12CCC(=O)CC1CC[C@@H]1[C@H]2CC[C@@]2(C)[C@H]1CCC2(O)CCCO. The third kappa shape index (κ3) is 2.48. The number of carbonyl (C=O) groups excluding carboxylic acids is 1. The molecule has 0 saturated heterocycles. The van der Waals surface area contributed by atoms with E-state index in [4.69, 9.17) is 0 Å². The number of aliphatic hydroxyl groups excluding tert-OH is 1. The van der Waals surface area contributed by atoms with Gasteiger partial charge in [0, 0.05) is 19.4 Å². The molecule has 4 aliphatic rings. The molecule has 4 saturated carbocycles. The first-order chi connectivity index (χ1) is 11.8. The molecule has 3 nitrogen and oxygen atoms in total. The number of aliphatic hydroxyl groups is 2. The van der Waals surface area contributed by atoms with Gasteiger partial charge in [-0.15, -0.1) is 0 Å². The zero-order valence-electron chi connectivity index (χ0n) is 16.1. The lowest BCUT2D eigenvalue weighted by molar-refractivity contribution is -0.158. The molecular formula is C22H36O3. The summed E-state index contributed by atoms with van der Waals surface area (Å²) < 4.78 is 0. The Morgan fingerprint density at radius 2 is 1.80 bits per heavy atom. The van der Waals surface area contributed by atoms with E-state index < -0.39 is 5.60 Å². The lowest BCUT2D eigenvalue weighted by atomic mass is 9.44. The number of rotatable bonds is 3. The van der Waals surface area contributed by atoms with Crippen molar-refractivity contribution in [1.29, 1.82) is 0 Å². The smallest absolute Gasteiger partial charge is 0.133 e. The van der Waals surface area contributed by atoms with E-state index in [1.807, 2.05) is 0 Å². The van der Waals surface area contributed by atoms with Crippen LogP contribution < -0.4 is 0 Å². The predicted octanol–water partition coefficient (Wildman–Crippen LogP) is 4.10. The molecule has 0 heterocycles. The molecule has 2 unspecified atom stereocenters. The lowest BCUT2D eigenvalue weighted by Gasteiger charge is -2.61. The Morgan fingerprint density at radius 3 is 2.56 bits per heavy atom. The normalized spacial score (nSPS) is 52.4. The first-order valence-electron chi connectivity index (χ1n) is 10.7. The van der Waals surface area contributed by atoms with E-state index in [9.17, 15) is 15.0 Å². The minimum absolute atomic E-state index is 0.0248. The average molecular weight is 349 g/mol. The van der Waals surface area contributed by atoms with Crippen LogP contribution in [0.4, 0.5) is 0 Å². The molecule has 0 aromatic carbocycles. The molecule has 0 radical (unpaired) electrons. The van der Waals surface area contributed by atoms with Crippen molar-refractivity contribution in [3.8, 4) is 0 Å². The molecule has 25 heavy (non-hydrogen) atoms. The van der Waals surface area contributed by atoms with E-state index in [0.29, 0.717) is 23.0 Å². The van der Waals surface area contributed by atoms with Crippen molar-refractivity contribution in [2.24, 2.45) is 34.5 Å². The van der Waals surface area contributed by atoms with E-state index in [0.717, 1.165) is 63.2 Å². The first kappa shape index (κ1) is 18.0. The minimum atomic E-state index is -0.578. The number of carbonyl (C=O) groups is 1. The van der Waals surface area contributed by atoms with Gasteiger partial charge in [-0.05, 0) is 92.3 Å². The Kier molecular flexibility index (Phi) is 4.35. The van der Waals surface area contributed by atoms with Gasteiger partial charge in [0.25, 0.3) is 0 Å². The molecule has 4 aliphatic carbocycles. The molecule has 0 bridgehead atoms. The average Bonchev–Trinajstić information content (AvgIpc) is 2.85. The van der Waals surface area contributed by atoms with Crippen LogP contribution in [-0.4, -0.2) is 28.2 Å². The summed E-state index contributed by atoms with van der Waals surface area (Å²) in [4.78, 5) is 12.0. The van der Waals surface area contributed by atoms with Crippen molar-refractivity contribution in [3.05, 3.63) is 0 Å². The zero-order chi connectivity index (χ0) is 17.9. The molecule has 0 aromatic heterocycles. The van der Waals surface area contributed by atoms with Gasteiger partial charge in [-0.1, -0.05) is 13.8 Å². The summed E-state index contributed by atoms with van der Waals surface area (Å²) in [6.45, 7) is 5.01. The van der Waals surface area contributed by atoms with Gasteiger partial charge in [0.1, 0.15) is 5.78 Å². The molecule has 2 N–H and O–H groups in total. The molecule has 7 atom stereocenters. The molecule has 142 valence electrons. The Labute approximate surface area is 152 Å². The molecule has 0 spiro atoms. The van der Waals surface area contributed by atoms with Gasteiger partial charge in [-0.3, -0.25) is 4.79 Å². The van der Waals surface area contributed by atoms with Gasteiger partial charge in [0.15, 0.2) is 0 Å². The van der Waals surface area contributed by atoms with Crippen LogP contribution in [0.3, 0.4) is 0 Å². The number of hydrogen-bond acceptors (Lipinski definition) is 3. The quantitative estimate of drug-likeness (QED) is 0.807. The first-order valence-corrected chi connectivity index (χ1v) is 10.7. The fourth-order valence-electron chi connectivity index (χ4n) is 7.94.